The number of benzene rings is 1. The zero-order chi connectivity index (χ0) is 17.7. The molecular formula is C18H20F2O4. The first kappa shape index (κ1) is 18.1. The molecule has 0 bridgehead atoms. The van der Waals surface area contributed by atoms with Crippen molar-refractivity contribution < 1.29 is 27.8 Å². The maximum atomic E-state index is 12.2. The van der Waals surface area contributed by atoms with Crippen LogP contribution in [-0.4, -0.2) is 25.0 Å². The van der Waals surface area contributed by atoms with Gasteiger partial charge >= 0.3 is 11.9 Å². The van der Waals surface area contributed by atoms with Crippen molar-refractivity contribution in [1.82, 2.24) is 0 Å². The Kier molecular flexibility index (Phi) is 5.70. The van der Waals surface area contributed by atoms with Crippen LogP contribution in [0, 0.1) is 17.3 Å². The average molecular weight is 338 g/mol. The predicted octanol–water partition coefficient (Wildman–Crippen LogP) is 3.37. The SMILES string of the molecule is CC1(C)[C@H](C(=O)OCc2ccccc2)[C@@H]1/C=C\C(=O)OCC(F)F. The molecule has 1 aliphatic carbocycles. The Labute approximate surface area is 139 Å². The van der Waals surface area contributed by atoms with Crippen molar-refractivity contribution in [3.05, 3.63) is 48.0 Å². The van der Waals surface area contributed by atoms with E-state index in [0.29, 0.717) is 0 Å². The minimum Gasteiger partial charge on any atom is -0.461 e. The van der Waals surface area contributed by atoms with Crippen LogP contribution in [0.4, 0.5) is 8.78 Å². The second-order valence-corrected chi connectivity index (χ2v) is 6.30. The third kappa shape index (κ3) is 4.63. The molecule has 0 heterocycles. The third-order valence-corrected chi connectivity index (χ3v) is 4.18. The Morgan fingerprint density at radius 3 is 2.50 bits per heavy atom. The van der Waals surface area contributed by atoms with Gasteiger partial charge in [0.2, 0.25) is 0 Å². The zero-order valence-corrected chi connectivity index (χ0v) is 13.6. The predicted molar refractivity (Wildman–Crippen MR) is 83.1 cm³/mol. The fourth-order valence-corrected chi connectivity index (χ4v) is 2.68. The van der Waals surface area contributed by atoms with Gasteiger partial charge in [0, 0.05) is 6.08 Å². The van der Waals surface area contributed by atoms with Gasteiger partial charge in [-0.15, -0.1) is 0 Å². The molecule has 130 valence electrons. The lowest BCUT2D eigenvalue weighted by atomic mass is 10.1. The van der Waals surface area contributed by atoms with Gasteiger partial charge in [0.1, 0.15) is 6.61 Å². The minimum atomic E-state index is -2.69. The summed E-state index contributed by atoms with van der Waals surface area (Å²) in [6.45, 7) is 3.04. The number of alkyl halides is 2. The van der Waals surface area contributed by atoms with Crippen molar-refractivity contribution in [2.75, 3.05) is 6.61 Å². The molecule has 1 aliphatic rings. The van der Waals surface area contributed by atoms with Crippen LogP contribution in [0.3, 0.4) is 0 Å². The molecule has 1 aromatic rings. The van der Waals surface area contributed by atoms with Crippen LogP contribution in [0.15, 0.2) is 42.5 Å². The summed E-state index contributed by atoms with van der Waals surface area (Å²) >= 11 is 0. The van der Waals surface area contributed by atoms with E-state index in [4.69, 9.17) is 4.74 Å². The van der Waals surface area contributed by atoms with Crippen LogP contribution in [0.2, 0.25) is 0 Å². The maximum Gasteiger partial charge on any atom is 0.330 e. The number of carbonyl (C=O) groups excluding carboxylic acids is 2. The van der Waals surface area contributed by atoms with E-state index in [2.05, 4.69) is 4.74 Å². The number of esters is 2. The molecule has 0 spiro atoms. The van der Waals surface area contributed by atoms with E-state index in [1.165, 1.54) is 6.08 Å². The lowest BCUT2D eigenvalue weighted by Gasteiger charge is -2.05. The van der Waals surface area contributed by atoms with Crippen molar-refractivity contribution in [3.63, 3.8) is 0 Å². The number of hydrogen-bond donors (Lipinski definition) is 0. The van der Waals surface area contributed by atoms with Crippen molar-refractivity contribution in [1.29, 1.82) is 0 Å². The number of carbonyl (C=O) groups is 2. The second kappa shape index (κ2) is 7.55. The summed E-state index contributed by atoms with van der Waals surface area (Å²) in [6.07, 6.45) is -0.0675. The molecule has 0 aliphatic heterocycles. The molecule has 0 N–H and O–H groups in total. The molecule has 0 amide bonds. The molecule has 2 atom stereocenters. The molecule has 0 aromatic heterocycles. The summed E-state index contributed by atoms with van der Waals surface area (Å²) in [5.41, 5.74) is 0.555. The number of rotatable bonds is 7. The van der Waals surface area contributed by atoms with Crippen LogP contribution in [0.1, 0.15) is 19.4 Å². The summed E-state index contributed by atoms with van der Waals surface area (Å²) in [5, 5.41) is 0. The van der Waals surface area contributed by atoms with Gasteiger partial charge in [-0.3, -0.25) is 4.79 Å². The highest BCUT2D eigenvalue weighted by molar-refractivity contribution is 5.83. The molecule has 1 fully saturated rings. The van der Waals surface area contributed by atoms with Gasteiger partial charge in [0.05, 0.1) is 5.92 Å². The topological polar surface area (TPSA) is 52.6 Å². The van der Waals surface area contributed by atoms with Gasteiger partial charge in [0.15, 0.2) is 6.61 Å². The molecule has 0 saturated heterocycles. The monoisotopic (exact) mass is 338 g/mol. The van der Waals surface area contributed by atoms with E-state index in [1.54, 1.807) is 0 Å². The number of hydrogen-bond acceptors (Lipinski definition) is 4. The van der Waals surface area contributed by atoms with E-state index < -0.39 is 19.0 Å². The fraction of sp³-hybridized carbons (Fsp3) is 0.444. The van der Waals surface area contributed by atoms with Gasteiger partial charge in [0.25, 0.3) is 6.43 Å². The summed E-state index contributed by atoms with van der Waals surface area (Å²) in [5.74, 6) is -1.71. The first-order valence-electron chi connectivity index (χ1n) is 7.66. The minimum absolute atomic E-state index is 0.181. The highest BCUT2D eigenvalue weighted by Crippen LogP contribution is 2.59. The zero-order valence-electron chi connectivity index (χ0n) is 13.6. The van der Waals surface area contributed by atoms with E-state index >= 15 is 0 Å². The molecule has 0 unspecified atom stereocenters. The quantitative estimate of drug-likeness (QED) is 0.565. The number of halogens is 2. The Balaban J connectivity index is 1.85. The molecule has 2 rings (SSSR count). The molecular weight excluding hydrogens is 318 g/mol. The Hall–Kier alpha value is -2.24. The van der Waals surface area contributed by atoms with Gasteiger partial charge in [-0.1, -0.05) is 50.3 Å². The van der Waals surface area contributed by atoms with Crippen molar-refractivity contribution >= 4 is 11.9 Å². The normalized spacial score (nSPS) is 21.7. The highest BCUT2D eigenvalue weighted by Gasteiger charge is 2.61. The molecule has 24 heavy (non-hydrogen) atoms. The number of allylic oxidation sites excluding steroid dienone is 1. The van der Waals surface area contributed by atoms with Crippen molar-refractivity contribution in [2.24, 2.45) is 17.3 Å². The van der Waals surface area contributed by atoms with E-state index in [-0.39, 0.29) is 29.8 Å². The summed E-state index contributed by atoms with van der Waals surface area (Å²) in [6, 6.07) is 9.33. The standard InChI is InChI=1S/C18H20F2O4/c1-18(2)13(8-9-15(21)23-11-14(19)20)16(18)17(22)24-10-12-6-4-3-5-7-12/h3-9,13-14,16H,10-11H2,1-2H3/b9-8-/t13-,16-/m0/s1. The lowest BCUT2D eigenvalue weighted by molar-refractivity contribution is -0.147. The summed E-state index contributed by atoms with van der Waals surface area (Å²) in [7, 11) is 0. The van der Waals surface area contributed by atoms with Crippen molar-refractivity contribution in [2.45, 2.75) is 26.9 Å². The van der Waals surface area contributed by atoms with Gasteiger partial charge in [-0.25, -0.2) is 13.6 Å². The first-order valence-corrected chi connectivity index (χ1v) is 7.66. The van der Waals surface area contributed by atoms with Crippen LogP contribution < -0.4 is 0 Å². The van der Waals surface area contributed by atoms with Crippen LogP contribution in [0.25, 0.3) is 0 Å². The van der Waals surface area contributed by atoms with Crippen molar-refractivity contribution in [3.8, 4) is 0 Å². The fourth-order valence-electron chi connectivity index (χ4n) is 2.68. The Morgan fingerprint density at radius 1 is 1.21 bits per heavy atom. The molecule has 6 heteroatoms. The van der Waals surface area contributed by atoms with Gasteiger partial charge < -0.3 is 9.47 Å². The smallest absolute Gasteiger partial charge is 0.330 e. The lowest BCUT2D eigenvalue weighted by Crippen LogP contribution is -2.10. The van der Waals surface area contributed by atoms with Crippen LogP contribution >= 0.6 is 0 Å². The molecule has 0 radical (unpaired) electrons. The third-order valence-electron chi connectivity index (χ3n) is 4.18. The molecule has 1 saturated carbocycles. The summed E-state index contributed by atoms with van der Waals surface area (Å²) in [4.78, 5) is 23.5. The maximum absolute atomic E-state index is 12.2. The first-order chi connectivity index (χ1) is 11.3. The van der Waals surface area contributed by atoms with Crippen LogP contribution in [-0.2, 0) is 25.7 Å². The largest absolute Gasteiger partial charge is 0.461 e. The van der Waals surface area contributed by atoms with E-state index in [0.717, 1.165) is 11.6 Å². The summed E-state index contributed by atoms with van der Waals surface area (Å²) < 4.78 is 33.6. The Bertz CT molecular complexity index is 611. The molecule has 4 nitrogen and oxygen atoms in total. The van der Waals surface area contributed by atoms with E-state index in [1.807, 2.05) is 44.2 Å². The number of ether oxygens (including phenoxy) is 2. The molecule has 1 aromatic carbocycles. The Morgan fingerprint density at radius 2 is 1.88 bits per heavy atom. The highest BCUT2D eigenvalue weighted by atomic mass is 19.3. The van der Waals surface area contributed by atoms with Gasteiger partial charge in [-0.05, 0) is 16.9 Å². The van der Waals surface area contributed by atoms with E-state index in [9.17, 15) is 18.4 Å². The van der Waals surface area contributed by atoms with Gasteiger partial charge in [-0.2, -0.15) is 0 Å². The van der Waals surface area contributed by atoms with Crippen LogP contribution in [0.5, 0.6) is 0 Å². The second-order valence-electron chi connectivity index (χ2n) is 6.30. The average Bonchev–Trinajstić information content (AvgIpc) is 3.10.